The summed E-state index contributed by atoms with van der Waals surface area (Å²) in [5.41, 5.74) is -0.376. The third-order valence-electron chi connectivity index (χ3n) is 5.72. The first-order valence-corrected chi connectivity index (χ1v) is 8.10. The van der Waals surface area contributed by atoms with Crippen molar-refractivity contribution in [2.75, 3.05) is 0 Å². The summed E-state index contributed by atoms with van der Waals surface area (Å²) in [6.45, 7) is 6.33. The van der Waals surface area contributed by atoms with Crippen LogP contribution in [0.25, 0.3) is 0 Å². The lowest BCUT2D eigenvalue weighted by atomic mass is 9.70. The molecule has 0 radical (unpaired) electrons. The Hall–Kier alpha value is -1.03. The zero-order valence-electron chi connectivity index (χ0n) is 12.1. The SMILES string of the molecule is CC1(C)[C@H]2CC[C@]1(C)C(=O)[C@H]2C(=O)SCc1ccco1. The van der Waals surface area contributed by atoms with Gasteiger partial charge in [-0.25, -0.2) is 0 Å². The molecule has 2 fully saturated rings. The van der Waals surface area contributed by atoms with Crippen molar-refractivity contribution in [1.82, 2.24) is 0 Å². The topological polar surface area (TPSA) is 47.3 Å². The average Bonchev–Trinajstić information content (AvgIpc) is 3.01. The molecule has 1 aromatic heterocycles. The van der Waals surface area contributed by atoms with Crippen molar-refractivity contribution in [3.63, 3.8) is 0 Å². The molecular weight excluding hydrogens is 272 g/mol. The number of carbonyl (C=O) groups is 2. The molecule has 2 bridgehead atoms. The quantitative estimate of drug-likeness (QED) is 0.797. The number of rotatable bonds is 3. The van der Waals surface area contributed by atoms with E-state index in [1.807, 2.05) is 19.1 Å². The van der Waals surface area contributed by atoms with Crippen LogP contribution in [-0.2, 0) is 15.3 Å². The van der Waals surface area contributed by atoms with Crippen molar-refractivity contribution in [3.05, 3.63) is 24.2 Å². The van der Waals surface area contributed by atoms with Crippen LogP contribution in [0.5, 0.6) is 0 Å². The van der Waals surface area contributed by atoms with E-state index in [2.05, 4.69) is 13.8 Å². The minimum Gasteiger partial charge on any atom is -0.468 e. The number of Topliss-reactive ketones (excluding diaryl/α,β-unsaturated/α-hetero) is 1. The Morgan fingerprint density at radius 3 is 2.75 bits per heavy atom. The van der Waals surface area contributed by atoms with Crippen LogP contribution in [0.15, 0.2) is 22.8 Å². The molecule has 108 valence electrons. The van der Waals surface area contributed by atoms with Crippen LogP contribution in [0.2, 0.25) is 0 Å². The maximum Gasteiger partial charge on any atom is 0.200 e. The molecule has 1 aromatic rings. The van der Waals surface area contributed by atoms with Crippen molar-refractivity contribution in [2.24, 2.45) is 22.7 Å². The van der Waals surface area contributed by atoms with Gasteiger partial charge in [0.2, 0.25) is 0 Å². The molecule has 1 heterocycles. The second kappa shape index (κ2) is 4.48. The highest BCUT2D eigenvalue weighted by molar-refractivity contribution is 8.13. The van der Waals surface area contributed by atoms with Gasteiger partial charge in [0.1, 0.15) is 5.76 Å². The first-order valence-electron chi connectivity index (χ1n) is 7.11. The van der Waals surface area contributed by atoms with E-state index in [1.165, 1.54) is 11.8 Å². The summed E-state index contributed by atoms with van der Waals surface area (Å²) in [6.07, 6.45) is 3.52. The summed E-state index contributed by atoms with van der Waals surface area (Å²) in [4.78, 5) is 25.1. The second-order valence-corrected chi connectivity index (χ2v) is 7.71. The molecule has 20 heavy (non-hydrogen) atoms. The van der Waals surface area contributed by atoms with Gasteiger partial charge in [-0.2, -0.15) is 0 Å². The fourth-order valence-electron chi connectivity index (χ4n) is 3.98. The third kappa shape index (κ3) is 1.73. The predicted molar refractivity (Wildman–Crippen MR) is 78.1 cm³/mol. The number of carbonyl (C=O) groups excluding carboxylic acids is 2. The Labute approximate surface area is 123 Å². The van der Waals surface area contributed by atoms with E-state index < -0.39 is 5.92 Å². The highest BCUT2D eigenvalue weighted by Crippen LogP contribution is 2.66. The fourth-order valence-corrected chi connectivity index (χ4v) is 4.88. The van der Waals surface area contributed by atoms with E-state index in [0.717, 1.165) is 18.6 Å². The Morgan fingerprint density at radius 2 is 2.20 bits per heavy atom. The van der Waals surface area contributed by atoms with Crippen LogP contribution < -0.4 is 0 Å². The van der Waals surface area contributed by atoms with Crippen LogP contribution in [0.4, 0.5) is 0 Å². The van der Waals surface area contributed by atoms with E-state index in [-0.39, 0.29) is 27.6 Å². The number of ketones is 1. The summed E-state index contributed by atoms with van der Waals surface area (Å²) in [6, 6.07) is 3.67. The van der Waals surface area contributed by atoms with Gasteiger partial charge in [-0.1, -0.05) is 32.5 Å². The van der Waals surface area contributed by atoms with Crippen molar-refractivity contribution in [2.45, 2.75) is 39.4 Å². The van der Waals surface area contributed by atoms with Gasteiger partial charge in [0.05, 0.1) is 17.9 Å². The Kier molecular flexibility index (Phi) is 3.12. The normalized spacial score (nSPS) is 34.6. The summed E-state index contributed by atoms with van der Waals surface area (Å²) in [5.74, 6) is 1.25. The molecule has 0 saturated heterocycles. The molecule has 3 nitrogen and oxygen atoms in total. The lowest BCUT2D eigenvalue weighted by molar-refractivity contribution is -0.135. The molecular formula is C16H20O3S. The maximum absolute atomic E-state index is 12.6. The molecule has 2 aliphatic rings. The molecule has 0 aromatic carbocycles. The van der Waals surface area contributed by atoms with Gasteiger partial charge < -0.3 is 4.42 Å². The summed E-state index contributed by atoms with van der Waals surface area (Å²) >= 11 is 1.22. The van der Waals surface area contributed by atoms with E-state index in [0.29, 0.717) is 5.75 Å². The van der Waals surface area contributed by atoms with Gasteiger partial charge >= 0.3 is 0 Å². The fraction of sp³-hybridized carbons (Fsp3) is 0.625. The van der Waals surface area contributed by atoms with Gasteiger partial charge in [-0.05, 0) is 36.3 Å². The van der Waals surface area contributed by atoms with E-state index in [1.54, 1.807) is 6.26 Å². The van der Waals surface area contributed by atoms with E-state index in [4.69, 9.17) is 4.42 Å². The first kappa shape index (κ1) is 13.9. The van der Waals surface area contributed by atoms with Crippen LogP contribution in [0.3, 0.4) is 0 Å². The number of thioether (sulfide) groups is 1. The van der Waals surface area contributed by atoms with Crippen LogP contribution in [0, 0.1) is 22.7 Å². The first-order chi connectivity index (χ1) is 9.38. The molecule has 2 saturated carbocycles. The average molecular weight is 292 g/mol. The Balaban J connectivity index is 1.75. The predicted octanol–water partition coefficient (Wildman–Crippen LogP) is 3.68. The number of hydrogen-bond donors (Lipinski definition) is 0. The van der Waals surface area contributed by atoms with Crippen molar-refractivity contribution < 1.29 is 14.0 Å². The second-order valence-electron chi connectivity index (χ2n) is 6.73. The minimum atomic E-state index is -0.413. The van der Waals surface area contributed by atoms with E-state index in [9.17, 15) is 9.59 Å². The highest BCUT2D eigenvalue weighted by atomic mass is 32.2. The zero-order valence-corrected chi connectivity index (χ0v) is 13.0. The molecule has 0 spiro atoms. The monoisotopic (exact) mass is 292 g/mol. The third-order valence-corrected chi connectivity index (χ3v) is 6.69. The van der Waals surface area contributed by atoms with Crippen LogP contribution in [-0.4, -0.2) is 10.9 Å². The zero-order chi connectivity index (χ0) is 14.5. The molecule has 0 unspecified atom stereocenters. The molecule has 3 atom stereocenters. The van der Waals surface area contributed by atoms with Crippen molar-refractivity contribution in [1.29, 1.82) is 0 Å². The largest absolute Gasteiger partial charge is 0.468 e. The lowest BCUT2D eigenvalue weighted by Gasteiger charge is -2.32. The molecule has 0 aliphatic heterocycles. The molecule has 0 N–H and O–H groups in total. The summed E-state index contributed by atoms with van der Waals surface area (Å²) in [7, 11) is 0. The molecule has 4 heteroatoms. The number of fused-ring (bicyclic) bond motifs is 2. The molecule has 2 aliphatic carbocycles. The van der Waals surface area contributed by atoms with Gasteiger partial charge in [0, 0.05) is 5.41 Å². The summed E-state index contributed by atoms with van der Waals surface area (Å²) < 4.78 is 5.24. The standard InChI is InChI=1S/C16H20O3S/c1-15(2)11-6-7-16(15,3)13(17)12(11)14(18)20-9-10-5-4-8-19-10/h4-5,8,11-12H,6-7,9H2,1-3H3/t11-,12-,16+/m0/s1. The lowest BCUT2D eigenvalue weighted by Crippen LogP contribution is -2.34. The van der Waals surface area contributed by atoms with Crippen LogP contribution >= 0.6 is 11.8 Å². The van der Waals surface area contributed by atoms with Crippen LogP contribution in [0.1, 0.15) is 39.4 Å². The smallest absolute Gasteiger partial charge is 0.200 e. The molecule has 3 rings (SSSR count). The Morgan fingerprint density at radius 1 is 1.45 bits per heavy atom. The van der Waals surface area contributed by atoms with Gasteiger partial charge in [0.15, 0.2) is 10.9 Å². The number of furan rings is 1. The maximum atomic E-state index is 12.6. The molecule has 0 amide bonds. The van der Waals surface area contributed by atoms with Gasteiger partial charge in [-0.15, -0.1) is 0 Å². The van der Waals surface area contributed by atoms with Gasteiger partial charge in [-0.3, -0.25) is 9.59 Å². The Bertz CT molecular complexity index is 546. The van der Waals surface area contributed by atoms with Crippen molar-refractivity contribution in [3.8, 4) is 0 Å². The highest BCUT2D eigenvalue weighted by Gasteiger charge is 2.67. The summed E-state index contributed by atoms with van der Waals surface area (Å²) in [5, 5.41) is 0.0212. The van der Waals surface area contributed by atoms with Gasteiger partial charge in [0.25, 0.3) is 0 Å². The van der Waals surface area contributed by atoms with Crippen molar-refractivity contribution >= 4 is 22.7 Å². The van der Waals surface area contributed by atoms with E-state index >= 15 is 0 Å². The minimum absolute atomic E-state index is 0.0212. The number of hydrogen-bond acceptors (Lipinski definition) is 4.